The zero-order valence-corrected chi connectivity index (χ0v) is 12.2. The Bertz CT molecular complexity index is 484. The molecule has 7 heteroatoms. The molecule has 1 aliphatic heterocycles. The lowest BCUT2D eigenvalue weighted by Crippen LogP contribution is -2.21. The van der Waals surface area contributed by atoms with Crippen molar-refractivity contribution in [2.75, 3.05) is 12.3 Å². The Morgan fingerprint density at radius 1 is 1.39 bits per heavy atom. The van der Waals surface area contributed by atoms with Crippen LogP contribution in [0.4, 0.5) is 0 Å². The van der Waals surface area contributed by atoms with Crippen molar-refractivity contribution in [1.82, 2.24) is 15.5 Å². The Labute approximate surface area is 112 Å². The van der Waals surface area contributed by atoms with Gasteiger partial charge in [-0.15, -0.1) is 10.2 Å². The summed E-state index contributed by atoms with van der Waals surface area (Å²) in [7, 11) is -3.00. The molecular formula is C11H19N3O2S2. The first-order valence-electron chi connectivity index (χ1n) is 6.38. The van der Waals surface area contributed by atoms with E-state index < -0.39 is 15.1 Å². The second-order valence-corrected chi connectivity index (χ2v) is 7.96. The molecule has 102 valence electrons. The molecule has 1 N–H and O–H groups in total. The van der Waals surface area contributed by atoms with E-state index >= 15 is 0 Å². The fraction of sp³-hybridized carbons (Fsp3) is 0.818. The van der Waals surface area contributed by atoms with Gasteiger partial charge in [-0.3, -0.25) is 0 Å². The second kappa shape index (κ2) is 6.08. The van der Waals surface area contributed by atoms with Gasteiger partial charge in [0.1, 0.15) is 15.3 Å². The smallest absolute Gasteiger partial charge is 0.159 e. The highest BCUT2D eigenvalue weighted by Gasteiger charge is 2.32. The van der Waals surface area contributed by atoms with Crippen LogP contribution < -0.4 is 5.32 Å². The Balaban J connectivity index is 2.04. The molecule has 1 aromatic rings. The Kier molecular flexibility index (Phi) is 4.69. The van der Waals surface area contributed by atoms with Gasteiger partial charge >= 0.3 is 0 Å². The van der Waals surface area contributed by atoms with Crippen molar-refractivity contribution in [2.45, 2.75) is 44.4 Å². The number of hydrogen-bond acceptors (Lipinski definition) is 6. The lowest BCUT2D eigenvalue weighted by molar-refractivity contribution is 0.544. The fourth-order valence-corrected chi connectivity index (χ4v) is 5.26. The summed E-state index contributed by atoms with van der Waals surface area (Å²) in [6, 6.07) is 0. The lowest BCUT2D eigenvalue weighted by Gasteiger charge is -2.19. The van der Waals surface area contributed by atoms with Crippen LogP contribution in [-0.2, 0) is 16.4 Å². The number of nitrogens with zero attached hydrogens (tertiary/aromatic N) is 2. The van der Waals surface area contributed by atoms with E-state index in [4.69, 9.17) is 0 Å². The average molecular weight is 289 g/mol. The molecule has 1 aromatic heterocycles. The maximum atomic E-state index is 12.0. The maximum Gasteiger partial charge on any atom is 0.159 e. The summed E-state index contributed by atoms with van der Waals surface area (Å²) in [6.45, 7) is 3.72. The quantitative estimate of drug-likeness (QED) is 0.835. The number of aromatic nitrogens is 2. The summed E-state index contributed by atoms with van der Waals surface area (Å²) in [5.41, 5.74) is 0. The lowest BCUT2D eigenvalue weighted by atomic mass is 10.2. The van der Waals surface area contributed by atoms with Gasteiger partial charge in [0, 0.05) is 6.54 Å². The summed E-state index contributed by atoms with van der Waals surface area (Å²) in [6.07, 6.45) is 3.51. The summed E-state index contributed by atoms with van der Waals surface area (Å²) >= 11 is 1.43. The molecule has 1 aliphatic rings. The van der Waals surface area contributed by atoms with E-state index in [2.05, 4.69) is 22.4 Å². The molecule has 0 radical (unpaired) electrons. The number of sulfone groups is 1. The summed E-state index contributed by atoms with van der Waals surface area (Å²) in [5.74, 6) is 0.292. The first-order chi connectivity index (χ1) is 8.63. The van der Waals surface area contributed by atoms with Crippen molar-refractivity contribution in [2.24, 2.45) is 0 Å². The molecule has 0 saturated carbocycles. The minimum Gasteiger partial charge on any atom is -0.310 e. The van der Waals surface area contributed by atoms with Gasteiger partial charge in [0.05, 0.1) is 5.75 Å². The molecule has 5 nitrogen and oxygen atoms in total. The minimum atomic E-state index is -3.00. The van der Waals surface area contributed by atoms with Gasteiger partial charge in [0.2, 0.25) is 0 Å². The molecule has 0 spiro atoms. The van der Waals surface area contributed by atoms with Crippen molar-refractivity contribution in [1.29, 1.82) is 0 Å². The molecule has 18 heavy (non-hydrogen) atoms. The average Bonchev–Trinajstić information content (AvgIpc) is 2.77. The molecule has 1 fully saturated rings. The summed E-state index contributed by atoms with van der Waals surface area (Å²) in [4.78, 5) is 0. The minimum absolute atomic E-state index is 0.292. The highest BCUT2D eigenvalue weighted by Crippen LogP contribution is 2.34. The van der Waals surface area contributed by atoms with Crippen molar-refractivity contribution in [3.63, 3.8) is 0 Å². The zero-order chi connectivity index (χ0) is 13.0. The van der Waals surface area contributed by atoms with Crippen LogP contribution in [0.25, 0.3) is 0 Å². The Hall–Kier alpha value is -0.530. The number of hydrogen-bond donors (Lipinski definition) is 1. The number of nitrogens with one attached hydrogen (secondary N) is 1. The van der Waals surface area contributed by atoms with Crippen LogP contribution in [0.1, 0.15) is 47.9 Å². The van der Waals surface area contributed by atoms with Crippen molar-refractivity contribution < 1.29 is 8.42 Å². The number of rotatable bonds is 5. The highest BCUT2D eigenvalue weighted by molar-refractivity contribution is 7.91. The predicted molar refractivity (Wildman–Crippen MR) is 72.3 cm³/mol. The third-order valence-electron chi connectivity index (χ3n) is 3.04. The Morgan fingerprint density at radius 2 is 2.22 bits per heavy atom. The predicted octanol–water partition coefficient (Wildman–Crippen LogP) is 1.68. The van der Waals surface area contributed by atoms with Gasteiger partial charge in [-0.05, 0) is 25.8 Å². The van der Waals surface area contributed by atoms with Crippen molar-refractivity contribution >= 4 is 21.2 Å². The third-order valence-corrected chi connectivity index (χ3v) is 6.41. The van der Waals surface area contributed by atoms with Crippen LogP contribution in [-0.4, -0.2) is 30.9 Å². The van der Waals surface area contributed by atoms with Gasteiger partial charge in [0.15, 0.2) is 9.84 Å². The summed E-state index contributed by atoms with van der Waals surface area (Å²) < 4.78 is 24.0. The highest BCUT2D eigenvalue weighted by atomic mass is 32.2. The molecule has 2 heterocycles. The molecule has 2 rings (SSSR count). The molecule has 0 bridgehead atoms. The normalized spacial score (nSPS) is 23.1. The molecule has 0 aliphatic carbocycles. The van der Waals surface area contributed by atoms with E-state index in [0.29, 0.717) is 23.7 Å². The van der Waals surface area contributed by atoms with E-state index in [1.165, 1.54) is 11.3 Å². The first-order valence-corrected chi connectivity index (χ1v) is 8.91. The van der Waals surface area contributed by atoms with Crippen LogP contribution in [0, 0.1) is 0 Å². The standard InChI is InChI=1S/C11H19N3O2S2/c1-2-6-12-8-10-13-14-11(17-10)9-5-3-4-7-18(9,15)16/h9,12H,2-8H2,1H3. The third kappa shape index (κ3) is 3.27. The van der Waals surface area contributed by atoms with Crippen molar-refractivity contribution in [3.8, 4) is 0 Å². The molecular weight excluding hydrogens is 270 g/mol. The summed E-state index contributed by atoms with van der Waals surface area (Å²) in [5, 5.41) is 12.5. The maximum absolute atomic E-state index is 12.0. The van der Waals surface area contributed by atoms with E-state index in [1.54, 1.807) is 0 Å². The van der Waals surface area contributed by atoms with E-state index in [0.717, 1.165) is 30.8 Å². The molecule has 0 amide bonds. The van der Waals surface area contributed by atoms with E-state index in [9.17, 15) is 8.42 Å². The second-order valence-electron chi connectivity index (χ2n) is 4.56. The largest absolute Gasteiger partial charge is 0.310 e. The Morgan fingerprint density at radius 3 is 2.94 bits per heavy atom. The van der Waals surface area contributed by atoms with Crippen LogP contribution in [0.3, 0.4) is 0 Å². The van der Waals surface area contributed by atoms with E-state index in [-0.39, 0.29) is 0 Å². The van der Waals surface area contributed by atoms with Crippen LogP contribution in [0.15, 0.2) is 0 Å². The van der Waals surface area contributed by atoms with E-state index in [1.807, 2.05) is 0 Å². The van der Waals surface area contributed by atoms with Crippen LogP contribution in [0.2, 0.25) is 0 Å². The van der Waals surface area contributed by atoms with Gasteiger partial charge < -0.3 is 5.32 Å². The van der Waals surface area contributed by atoms with Crippen molar-refractivity contribution in [3.05, 3.63) is 10.0 Å². The molecule has 1 atom stereocenters. The molecule has 1 unspecified atom stereocenters. The van der Waals surface area contributed by atoms with Crippen LogP contribution >= 0.6 is 11.3 Å². The monoisotopic (exact) mass is 289 g/mol. The van der Waals surface area contributed by atoms with Gasteiger partial charge in [-0.2, -0.15) is 0 Å². The fourth-order valence-electron chi connectivity index (χ4n) is 2.07. The topological polar surface area (TPSA) is 72.0 Å². The van der Waals surface area contributed by atoms with Crippen LogP contribution in [0.5, 0.6) is 0 Å². The first kappa shape index (κ1) is 13.9. The van der Waals surface area contributed by atoms with Gasteiger partial charge in [0.25, 0.3) is 0 Å². The van der Waals surface area contributed by atoms with Gasteiger partial charge in [-0.1, -0.05) is 24.7 Å². The SMILES string of the molecule is CCCNCc1nnc(C2CCCCS2(=O)=O)s1. The zero-order valence-electron chi connectivity index (χ0n) is 10.6. The molecule has 1 saturated heterocycles. The molecule has 0 aromatic carbocycles. The van der Waals surface area contributed by atoms with Gasteiger partial charge in [-0.25, -0.2) is 8.42 Å².